The van der Waals surface area contributed by atoms with E-state index in [1.54, 1.807) is 20.2 Å². The molecular formula is C12H18N4O2. The standard InChI is InChI=1S/C12H18N4O2/c1-13-12(17)10-5-6-11(15-14-10)16-7-3-4-9(8-16)18-2/h5-6,9H,3-4,7-8H2,1-2H3,(H,13,17). The number of carbonyl (C=O) groups is 1. The zero-order chi connectivity index (χ0) is 13.0. The molecule has 1 N–H and O–H groups in total. The molecule has 0 aliphatic carbocycles. The average molecular weight is 250 g/mol. The maximum Gasteiger partial charge on any atom is 0.271 e. The highest BCUT2D eigenvalue weighted by molar-refractivity contribution is 5.91. The third-order valence-electron chi connectivity index (χ3n) is 3.15. The minimum absolute atomic E-state index is 0.220. The fraction of sp³-hybridized carbons (Fsp3) is 0.583. The lowest BCUT2D eigenvalue weighted by atomic mass is 10.1. The summed E-state index contributed by atoms with van der Waals surface area (Å²) in [6, 6.07) is 3.52. The van der Waals surface area contributed by atoms with Crippen molar-refractivity contribution in [3.05, 3.63) is 17.8 Å². The zero-order valence-corrected chi connectivity index (χ0v) is 10.7. The molecule has 1 aromatic heterocycles. The van der Waals surface area contributed by atoms with E-state index in [1.165, 1.54) is 0 Å². The van der Waals surface area contributed by atoms with Crippen LogP contribution < -0.4 is 10.2 Å². The molecule has 0 saturated carbocycles. The van der Waals surface area contributed by atoms with Crippen LogP contribution in [0.5, 0.6) is 0 Å². The van der Waals surface area contributed by atoms with Crippen molar-refractivity contribution in [1.82, 2.24) is 15.5 Å². The molecule has 1 saturated heterocycles. The van der Waals surface area contributed by atoms with Crippen molar-refractivity contribution >= 4 is 11.7 Å². The minimum atomic E-state index is -0.220. The van der Waals surface area contributed by atoms with Gasteiger partial charge in [0.25, 0.3) is 5.91 Å². The van der Waals surface area contributed by atoms with Crippen molar-refractivity contribution in [3.63, 3.8) is 0 Å². The summed E-state index contributed by atoms with van der Waals surface area (Å²) in [6.45, 7) is 1.78. The largest absolute Gasteiger partial charge is 0.380 e. The first-order valence-electron chi connectivity index (χ1n) is 6.08. The SMILES string of the molecule is CNC(=O)c1ccc(N2CCCC(OC)C2)nn1. The number of amides is 1. The second-order valence-corrected chi connectivity index (χ2v) is 4.30. The van der Waals surface area contributed by atoms with E-state index in [0.717, 1.165) is 31.7 Å². The van der Waals surface area contributed by atoms with Gasteiger partial charge in [0.15, 0.2) is 11.5 Å². The number of hydrogen-bond acceptors (Lipinski definition) is 5. The van der Waals surface area contributed by atoms with Crippen molar-refractivity contribution in [2.24, 2.45) is 0 Å². The van der Waals surface area contributed by atoms with Gasteiger partial charge >= 0.3 is 0 Å². The highest BCUT2D eigenvalue weighted by Crippen LogP contribution is 2.18. The lowest BCUT2D eigenvalue weighted by Gasteiger charge is -2.32. The van der Waals surface area contributed by atoms with Crippen molar-refractivity contribution < 1.29 is 9.53 Å². The van der Waals surface area contributed by atoms with Gasteiger partial charge < -0.3 is 15.0 Å². The van der Waals surface area contributed by atoms with E-state index < -0.39 is 0 Å². The van der Waals surface area contributed by atoms with Crippen LogP contribution in [-0.2, 0) is 4.74 Å². The molecule has 98 valence electrons. The number of carbonyl (C=O) groups excluding carboxylic acids is 1. The summed E-state index contributed by atoms with van der Waals surface area (Å²) in [4.78, 5) is 13.5. The summed E-state index contributed by atoms with van der Waals surface area (Å²) in [5.41, 5.74) is 0.335. The van der Waals surface area contributed by atoms with Crippen LogP contribution in [0, 0.1) is 0 Å². The van der Waals surface area contributed by atoms with Crippen molar-refractivity contribution in [2.75, 3.05) is 32.1 Å². The Morgan fingerprint density at radius 2 is 2.33 bits per heavy atom. The Kier molecular flexibility index (Phi) is 4.09. The normalized spacial score (nSPS) is 19.7. The topological polar surface area (TPSA) is 67.4 Å². The first-order valence-corrected chi connectivity index (χ1v) is 6.08. The predicted octanol–water partition coefficient (Wildman–Crippen LogP) is 0.451. The number of nitrogens with zero attached hydrogens (tertiary/aromatic N) is 3. The summed E-state index contributed by atoms with van der Waals surface area (Å²) in [6.07, 6.45) is 2.41. The molecule has 1 fully saturated rings. The Hall–Kier alpha value is -1.69. The highest BCUT2D eigenvalue weighted by atomic mass is 16.5. The number of ether oxygens (including phenoxy) is 1. The molecule has 18 heavy (non-hydrogen) atoms. The molecule has 1 atom stereocenters. The van der Waals surface area contributed by atoms with Gasteiger partial charge in [-0.2, -0.15) is 0 Å². The molecule has 0 aromatic carbocycles. The van der Waals surface area contributed by atoms with E-state index in [-0.39, 0.29) is 12.0 Å². The Bertz CT molecular complexity index is 407. The van der Waals surface area contributed by atoms with E-state index in [2.05, 4.69) is 20.4 Å². The Morgan fingerprint density at radius 3 is 2.94 bits per heavy atom. The van der Waals surface area contributed by atoms with Gasteiger partial charge in [-0.15, -0.1) is 10.2 Å². The molecule has 1 aromatic rings. The molecule has 0 spiro atoms. The average Bonchev–Trinajstić information content (AvgIpc) is 2.46. The lowest BCUT2D eigenvalue weighted by Crippen LogP contribution is -2.39. The van der Waals surface area contributed by atoms with E-state index in [4.69, 9.17) is 4.74 Å². The molecule has 1 amide bonds. The van der Waals surface area contributed by atoms with Gasteiger partial charge in [-0.1, -0.05) is 0 Å². The molecule has 1 aliphatic heterocycles. The maximum atomic E-state index is 11.4. The van der Waals surface area contributed by atoms with Crippen LogP contribution in [0.2, 0.25) is 0 Å². The maximum absolute atomic E-state index is 11.4. The molecule has 2 rings (SSSR count). The van der Waals surface area contributed by atoms with Crippen LogP contribution in [0.4, 0.5) is 5.82 Å². The smallest absolute Gasteiger partial charge is 0.271 e. The van der Waals surface area contributed by atoms with E-state index in [9.17, 15) is 4.79 Å². The first kappa shape index (κ1) is 12.8. The Morgan fingerprint density at radius 1 is 1.50 bits per heavy atom. The molecule has 0 radical (unpaired) electrons. The Balaban J connectivity index is 2.07. The molecule has 2 heterocycles. The number of rotatable bonds is 3. The quantitative estimate of drug-likeness (QED) is 0.843. The molecular weight excluding hydrogens is 232 g/mol. The first-order chi connectivity index (χ1) is 8.74. The van der Waals surface area contributed by atoms with Gasteiger partial charge in [-0.3, -0.25) is 4.79 Å². The summed E-state index contributed by atoms with van der Waals surface area (Å²) in [5, 5.41) is 10.6. The summed E-state index contributed by atoms with van der Waals surface area (Å²) < 4.78 is 5.37. The number of aromatic nitrogens is 2. The van der Waals surface area contributed by atoms with Gasteiger partial charge in [0.05, 0.1) is 6.10 Å². The fourth-order valence-corrected chi connectivity index (χ4v) is 2.08. The van der Waals surface area contributed by atoms with Gasteiger partial charge in [0, 0.05) is 27.2 Å². The van der Waals surface area contributed by atoms with Crippen molar-refractivity contribution in [1.29, 1.82) is 0 Å². The second kappa shape index (κ2) is 5.77. The number of hydrogen-bond donors (Lipinski definition) is 1. The zero-order valence-electron chi connectivity index (χ0n) is 10.7. The molecule has 1 aliphatic rings. The van der Waals surface area contributed by atoms with Gasteiger partial charge in [-0.25, -0.2) is 0 Å². The third-order valence-corrected chi connectivity index (χ3v) is 3.15. The van der Waals surface area contributed by atoms with Gasteiger partial charge in [0.2, 0.25) is 0 Å². The van der Waals surface area contributed by atoms with Crippen LogP contribution in [0.1, 0.15) is 23.3 Å². The van der Waals surface area contributed by atoms with Gasteiger partial charge in [0.1, 0.15) is 0 Å². The van der Waals surface area contributed by atoms with Crippen molar-refractivity contribution in [2.45, 2.75) is 18.9 Å². The second-order valence-electron chi connectivity index (χ2n) is 4.30. The van der Waals surface area contributed by atoms with Crippen LogP contribution in [0.25, 0.3) is 0 Å². The summed E-state index contributed by atoms with van der Waals surface area (Å²) >= 11 is 0. The van der Waals surface area contributed by atoms with E-state index in [1.807, 2.05) is 6.07 Å². The van der Waals surface area contributed by atoms with Crippen LogP contribution in [0.15, 0.2) is 12.1 Å². The van der Waals surface area contributed by atoms with Crippen LogP contribution in [0.3, 0.4) is 0 Å². The fourth-order valence-electron chi connectivity index (χ4n) is 2.08. The number of methoxy groups -OCH3 is 1. The molecule has 6 nitrogen and oxygen atoms in total. The number of nitrogens with one attached hydrogen (secondary N) is 1. The van der Waals surface area contributed by atoms with Crippen LogP contribution >= 0.6 is 0 Å². The van der Waals surface area contributed by atoms with Crippen molar-refractivity contribution in [3.8, 4) is 0 Å². The number of piperidine rings is 1. The summed E-state index contributed by atoms with van der Waals surface area (Å²) in [7, 11) is 3.31. The van der Waals surface area contributed by atoms with E-state index in [0.29, 0.717) is 5.69 Å². The van der Waals surface area contributed by atoms with E-state index >= 15 is 0 Å². The minimum Gasteiger partial charge on any atom is -0.380 e. The predicted molar refractivity (Wildman–Crippen MR) is 67.7 cm³/mol. The van der Waals surface area contributed by atoms with Gasteiger partial charge in [-0.05, 0) is 25.0 Å². The third kappa shape index (κ3) is 2.76. The Labute approximate surface area is 106 Å². The van der Waals surface area contributed by atoms with Crippen LogP contribution in [-0.4, -0.2) is 49.5 Å². The molecule has 1 unspecified atom stereocenters. The summed E-state index contributed by atoms with van der Waals surface area (Å²) in [5.74, 6) is 0.576. The number of anilines is 1. The molecule has 6 heteroatoms. The lowest BCUT2D eigenvalue weighted by molar-refractivity contribution is 0.0890. The monoisotopic (exact) mass is 250 g/mol. The molecule has 0 bridgehead atoms. The highest BCUT2D eigenvalue weighted by Gasteiger charge is 2.20.